The molecule has 2 aromatic rings. The standard InChI is InChI=1S/C34H44N4O4/c1-24-9-8-10-25(2)31(24)37-30(39)23-38-18-14-28-27(22-38)13-6-7-15-34(16-19-42-20-17-34)33(41)36-29(32(40)35-28)21-26-11-4-3-5-12-26/h3-12,27-29H,13-23H2,1-2H3,(H,35,40)(H,36,41)(H,37,39)/b7-6+/t27-,28+,29+/m0/s1. The first kappa shape index (κ1) is 30.0. The first-order valence-electron chi connectivity index (χ1n) is 15.3. The lowest BCUT2D eigenvalue weighted by molar-refractivity contribution is -0.140. The molecule has 5 rings (SSSR count). The van der Waals surface area contributed by atoms with E-state index in [1.165, 1.54) is 0 Å². The maximum absolute atomic E-state index is 13.8. The van der Waals surface area contributed by atoms with E-state index in [4.69, 9.17) is 4.74 Å². The largest absolute Gasteiger partial charge is 0.381 e. The summed E-state index contributed by atoms with van der Waals surface area (Å²) < 4.78 is 5.60. The van der Waals surface area contributed by atoms with Gasteiger partial charge in [0, 0.05) is 44.5 Å². The summed E-state index contributed by atoms with van der Waals surface area (Å²) in [6.45, 7) is 6.83. The summed E-state index contributed by atoms with van der Waals surface area (Å²) in [7, 11) is 0. The molecule has 3 aliphatic rings. The first-order valence-corrected chi connectivity index (χ1v) is 15.3. The Balaban J connectivity index is 1.32. The third-order valence-corrected chi connectivity index (χ3v) is 9.21. The van der Waals surface area contributed by atoms with Crippen LogP contribution in [0.1, 0.15) is 48.8 Å². The number of hydrogen-bond acceptors (Lipinski definition) is 5. The zero-order valence-electron chi connectivity index (χ0n) is 24.9. The van der Waals surface area contributed by atoms with Crippen LogP contribution in [0.3, 0.4) is 0 Å². The molecule has 2 saturated heterocycles. The summed E-state index contributed by atoms with van der Waals surface area (Å²) in [5.41, 5.74) is 3.41. The van der Waals surface area contributed by atoms with Crippen molar-refractivity contribution in [2.75, 3.05) is 38.2 Å². The van der Waals surface area contributed by atoms with Crippen molar-refractivity contribution in [1.29, 1.82) is 0 Å². The fourth-order valence-electron chi connectivity index (χ4n) is 6.59. The van der Waals surface area contributed by atoms with Gasteiger partial charge >= 0.3 is 0 Å². The molecule has 2 fully saturated rings. The highest BCUT2D eigenvalue weighted by molar-refractivity contribution is 5.94. The molecular formula is C34H44N4O4. The fraction of sp³-hybridized carbons (Fsp3) is 0.500. The number of carbonyl (C=O) groups excluding carboxylic acids is 3. The lowest BCUT2D eigenvalue weighted by Crippen LogP contribution is -2.58. The molecule has 3 atom stereocenters. The zero-order valence-corrected chi connectivity index (χ0v) is 24.9. The number of benzene rings is 2. The van der Waals surface area contributed by atoms with Gasteiger partial charge in [-0.3, -0.25) is 19.3 Å². The van der Waals surface area contributed by atoms with Gasteiger partial charge in [-0.15, -0.1) is 0 Å². The first-order chi connectivity index (χ1) is 20.3. The van der Waals surface area contributed by atoms with E-state index in [1.54, 1.807) is 0 Å². The minimum absolute atomic E-state index is 0.0225. The number of aryl methyl sites for hydroxylation is 2. The van der Waals surface area contributed by atoms with Crippen LogP contribution in [0.4, 0.5) is 5.69 Å². The highest BCUT2D eigenvalue weighted by Gasteiger charge is 2.41. The number of likely N-dealkylation sites (tertiary alicyclic amines) is 1. The molecule has 3 aliphatic heterocycles. The molecule has 8 heteroatoms. The van der Waals surface area contributed by atoms with Crippen molar-refractivity contribution >= 4 is 23.4 Å². The Kier molecular flexibility index (Phi) is 9.75. The molecule has 1 spiro atoms. The van der Waals surface area contributed by atoms with E-state index in [9.17, 15) is 14.4 Å². The van der Waals surface area contributed by atoms with Crippen molar-refractivity contribution in [3.63, 3.8) is 0 Å². The average Bonchev–Trinajstić information content (AvgIpc) is 2.98. The van der Waals surface area contributed by atoms with Crippen LogP contribution in [0.25, 0.3) is 0 Å². The van der Waals surface area contributed by atoms with Crippen LogP contribution in [-0.2, 0) is 25.5 Å². The van der Waals surface area contributed by atoms with E-state index >= 15 is 0 Å². The Labute approximate surface area is 249 Å². The van der Waals surface area contributed by atoms with Crippen LogP contribution >= 0.6 is 0 Å². The SMILES string of the molecule is Cc1cccc(C)c1NC(=O)CN1CC[C@H]2NC(=O)[C@@H](Cc3ccccc3)NC(=O)C3(C/C=C/C[C@H]2C1)CCOCC3. The second-order valence-electron chi connectivity index (χ2n) is 12.2. The second kappa shape index (κ2) is 13.7. The smallest absolute Gasteiger partial charge is 0.243 e. The molecule has 0 bridgehead atoms. The monoisotopic (exact) mass is 572 g/mol. The summed E-state index contributed by atoms with van der Waals surface area (Å²) in [6.07, 6.45) is 8.16. The predicted octanol–water partition coefficient (Wildman–Crippen LogP) is 3.92. The van der Waals surface area contributed by atoms with Crippen LogP contribution in [0, 0.1) is 25.2 Å². The topological polar surface area (TPSA) is 99.8 Å². The van der Waals surface area contributed by atoms with E-state index < -0.39 is 11.5 Å². The van der Waals surface area contributed by atoms with Gasteiger partial charge in [-0.25, -0.2) is 0 Å². The van der Waals surface area contributed by atoms with Crippen molar-refractivity contribution in [2.45, 2.75) is 64.5 Å². The number of allylic oxidation sites excluding steroid dienone is 2. The Bertz CT molecular complexity index is 1270. The van der Waals surface area contributed by atoms with Gasteiger partial charge in [0.2, 0.25) is 17.7 Å². The third kappa shape index (κ3) is 7.28. The summed E-state index contributed by atoms with van der Waals surface area (Å²) in [6, 6.07) is 15.2. The maximum atomic E-state index is 13.8. The summed E-state index contributed by atoms with van der Waals surface area (Å²) in [4.78, 5) is 42.7. The van der Waals surface area contributed by atoms with E-state index in [0.29, 0.717) is 58.5 Å². The number of anilines is 1. The van der Waals surface area contributed by atoms with Crippen LogP contribution in [0.15, 0.2) is 60.7 Å². The van der Waals surface area contributed by atoms with Crippen molar-refractivity contribution in [1.82, 2.24) is 15.5 Å². The highest BCUT2D eigenvalue weighted by atomic mass is 16.5. The predicted molar refractivity (Wildman–Crippen MR) is 164 cm³/mol. The van der Waals surface area contributed by atoms with E-state index in [0.717, 1.165) is 35.2 Å². The maximum Gasteiger partial charge on any atom is 0.243 e. The number of nitrogens with one attached hydrogen (secondary N) is 3. The third-order valence-electron chi connectivity index (χ3n) is 9.21. The fourth-order valence-corrected chi connectivity index (χ4v) is 6.59. The average molecular weight is 573 g/mol. The van der Waals surface area contributed by atoms with Crippen LogP contribution < -0.4 is 16.0 Å². The molecule has 3 N–H and O–H groups in total. The number of carbonyl (C=O) groups is 3. The van der Waals surface area contributed by atoms with Crippen molar-refractivity contribution < 1.29 is 19.1 Å². The molecule has 2 aromatic carbocycles. The summed E-state index contributed by atoms with van der Waals surface area (Å²) in [5.74, 6) is -0.0701. The van der Waals surface area contributed by atoms with Gasteiger partial charge in [-0.1, -0.05) is 60.7 Å². The second-order valence-corrected chi connectivity index (χ2v) is 12.2. The number of amides is 3. The number of hydrogen-bond donors (Lipinski definition) is 3. The highest BCUT2D eigenvalue weighted by Crippen LogP contribution is 2.36. The zero-order chi connectivity index (χ0) is 29.5. The molecule has 0 radical (unpaired) electrons. The van der Waals surface area contributed by atoms with Gasteiger partial charge in [-0.2, -0.15) is 0 Å². The summed E-state index contributed by atoms with van der Waals surface area (Å²) >= 11 is 0. The van der Waals surface area contributed by atoms with Crippen molar-refractivity contribution in [2.24, 2.45) is 11.3 Å². The van der Waals surface area contributed by atoms with E-state index in [1.807, 2.05) is 62.4 Å². The molecule has 0 aliphatic carbocycles. The quantitative estimate of drug-likeness (QED) is 0.472. The molecular weight excluding hydrogens is 528 g/mol. The number of para-hydroxylation sites is 1. The molecule has 3 amide bonds. The molecule has 8 nitrogen and oxygen atoms in total. The molecule has 3 heterocycles. The van der Waals surface area contributed by atoms with Gasteiger partial charge in [0.15, 0.2) is 0 Å². The Morgan fingerprint density at radius 1 is 1.00 bits per heavy atom. The number of piperidine rings is 1. The Morgan fingerprint density at radius 2 is 1.74 bits per heavy atom. The number of rotatable bonds is 5. The molecule has 0 unspecified atom stereocenters. The molecule has 0 saturated carbocycles. The Morgan fingerprint density at radius 3 is 2.48 bits per heavy atom. The normalized spacial score (nSPS) is 25.7. The van der Waals surface area contributed by atoms with Gasteiger partial charge in [-0.05, 0) is 68.6 Å². The minimum atomic E-state index is -0.662. The van der Waals surface area contributed by atoms with Gasteiger partial charge in [0.25, 0.3) is 0 Å². The molecule has 224 valence electrons. The molecule has 42 heavy (non-hydrogen) atoms. The lowest BCUT2D eigenvalue weighted by Gasteiger charge is -2.40. The minimum Gasteiger partial charge on any atom is -0.381 e. The van der Waals surface area contributed by atoms with Crippen LogP contribution in [-0.4, -0.2) is 67.6 Å². The van der Waals surface area contributed by atoms with Gasteiger partial charge in [0.05, 0.1) is 12.0 Å². The van der Waals surface area contributed by atoms with Crippen LogP contribution in [0.5, 0.6) is 0 Å². The Hall–Kier alpha value is -3.49. The number of ether oxygens (including phenoxy) is 1. The van der Waals surface area contributed by atoms with Crippen molar-refractivity contribution in [3.8, 4) is 0 Å². The molecule has 0 aromatic heterocycles. The number of fused-ring (bicyclic) bond motifs is 1. The van der Waals surface area contributed by atoms with E-state index in [2.05, 4.69) is 33.0 Å². The lowest BCUT2D eigenvalue weighted by atomic mass is 9.75. The van der Waals surface area contributed by atoms with E-state index in [-0.39, 0.29) is 29.7 Å². The number of nitrogens with zero attached hydrogens (tertiary/aromatic N) is 1. The van der Waals surface area contributed by atoms with Gasteiger partial charge < -0.3 is 20.7 Å². The van der Waals surface area contributed by atoms with Gasteiger partial charge in [0.1, 0.15) is 6.04 Å². The van der Waals surface area contributed by atoms with Crippen molar-refractivity contribution in [3.05, 3.63) is 77.4 Å². The van der Waals surface area contributed by atoms with Crippen LogP contribution in [0.2, 0.25) is 0 Å². The summed E-state index contributed by atoms with van der Waals surface area (Å²) in [5, 5.41) is 9.57.